The van der Waals surface area contributed by atoms with E-state index in [0.717, 1.165) is 0 Å². The zero-order valence-electron chi connectivity index (χ0n) is 5.41. The molecule has 2 aliphatic rings. The third-order valence-electron chi connectivity index (χ3n) is 1.56. The van der Waals surface area contributed by atoms with Gasteiger partial charge in [-0.3, -0.25) is 10.2 Å². The molecule has 2 rings (SSSR count). The van der Waals surface area contributed by atoms with Crippen LogP contribution in [0.4, 0.5) is 0 Å². The molecule has 0 radical (unpaired) electrons. The van der Waals surface area contributed by atoms with E-state index in [0.29, 0.717) is 0 Å². The van der Waals surface area contributed by atoms with Crippen molar-refractivity contribution in [2.75, 3.05) is 0 Å². The van der Waals surface area contributed by atoms with Crippen molar-refractivity contribution in [1.82, 2.24) is 10.7 Å². The van der Waals surface area contributed by atoms with Gasteiger partial charge in [-0.15, -0.1) is 0 Å². The SMILES string of the molecule is O=C1NC(Cl)=NC2NN=CC12. The van der Waals surface area contributed by atoms with E-state index in [-0.39, 0.29) is 23.3 Å². The van der Waals surface area contributed by atoms with Crippen molar-refractivity contribution in [2.45, 2.75) is 6.17 Å². The molecule has 0 saturated heterocycles. The number of hydrazone groups is 1. The number of rotatable bonds is 0. The topological polar surface area (TPSA) is 65.8 Å². The molecule has 0 fully saturated rings. The summed E-state index contributed by atoms with van der Waals surface area (Å²) in [5, 5.41) is 6.23. The van der Waals surface area contributed by atoms with Gasteiger partial charge in [0.05, 0.1) is 0 Å². The van der Waals surface area contributed by atoms with Gasteiger partial charge in [0, 0.05) is 6.21 Å². The molecule has 58 valence electrons. The molecule has 0 aromatic heterocycles. The molecule has 11 heavy (non-hydrogen) atoms. The van der Waals surface area contributed by atoms with Gasteiger partial charge in [-0.25, -0.2) is 4.99 Å². The van der Waals surface area contributed by atoms with E-state index in [1.165, 1.54) is 6.21 Å². The number of hydrogen-bond acceptors (Lipinski definition) is 4. The first-order chi connectivity index (χ1) is 5.27. The van der Waals surface area contributed by atoms with E-state index in [1.54, 1.807) is 0 Å². The van der Waals surface area contributed by atoms with Crippen LogP contribution in [-0.2, 0) is 4.79 Å². The first-order valence-corrected chi connectivity index (χ1v) is 3.48. The van der Waals surface area contributed by atoms with E-state index in [2.05, 4.69) is 20.8 Å². The lowest BCUT2D eigenvalue weighted by atomic mass is 10.1. The number of carbonyl (C=O) groups excluding carboxylic acids is 1. The number of nitrogens with one attached hydrogen (secondary N) is 2. The summed E-state index contributed by atoms with van der Waals surface area (Å²) in [6, 6.07) is 0. The zero-order valence-corrected chi connectivity index (χ0v) is 6.17. The van der Waals surface area contributed by atoms with Crippen LogP contribution in [0.5, 0.6) is 0 Å². The summed E-state index contributed by atoms with van der Waals surface area (Å²) in [5.74, 6) is -0.471. The number of carbonyl (C=O) groups is 1. The lowest BCUT2D eigenvalue weighted by molar-refractivity contribution is -0.122. The van der Waals surface area contributed by atoms with Crippen LogP contribution in [0, 0.1) is 5.92 Å². The fourth-order valence-corrected chi connectivity index (χ4v) is 1.22. The quantitative estimate of drug-likeness (QED) is 0.472. The van der Waals surface area contributed by atoms with Crippen molar-refractivity contribution in [3.63, 3.8) is 0 Å². The second-order valence-corrected chi connectivity index (χ2v) is 2.65. The highest BCUT2D eigenvalue weighted by molar-refractivity contribution is 6.66. The number of amides is 1. The van der Waals surface area contributed by atoms with Gasteiger partial charge in [-0.1, -0.05) is 0 Å². The average Bonchev–Trinajstić information content (AvgIpc) is 2.34. The minimum Gasteiger partial charge on any atom is -0.300 e. The van der Waals surface area contributed by atoms with Gasteiger partial charge in [-0.2, -0.15) is 5.10 Å². The summed E-state index contributed by atoms with van der Waals surface area (Å²) in [4.78, 5) is 15.0. The second kappa shape index (κ2) is 2.20. The van der Waals surface area contributed by atoms with Crippen LogP contribution < -0.4 is 10.7 Å². The van der Waals surface area contributed by atoms with Crippen LogP contribution in [0.25, 0.3) is 0 Å². The molecule has 0 spiro atoms. The maximum Gasteiger partial charge on any atom is 0.238 e. The predicted molar refractivity (Wildman–Crippen MR) is 40.3 cm³/mol. The van der Waals surface area contributed by atoms with Crippen molar-refractivity contribution in [3.05, 3.63) is 0 Å². The molecule has 1 amide bonds. The van der Waals surface area contributed by atoms with Gasteiger partial charge < -0.3 is 5.32 Å². The average molecular weight is 173 g/mol. The van der Waals surface area contributed by atoms with Gasteiger partial charge in [0.15, 0.2) is 11.5 Å². The summed E-state index contributed by atoms with van der Waals surface area (Å²) < 4.78 is 0. The van der Waals surface area contributed by atoms with E-state index in [4.69, 9.17) is 11.6 Å². The molecule has 0 aromatic carbocycles. The lowest BCUT2D eigenvalue weighted by Gasteiger charge is -2.18. The number of fused-ring (bicyclic) bond motifs is 1. The molecule has 0 bridgehead atoms. The highest BCUT2D eigenvalue weighted by Gasteiger charge is 2.34. The van der Waals surface area contributed by atoms with Crippen LogP contribution in [0.2, 0.25) is 0 Å². The highest BCUT2D eigenvalue weighted by atomic mass is 35.5. The number of amidine groups is 1. The van der Waals surface area contributed by atoms with Crippen LogP contribution in [0.3, 0.4) is 0 Å². The van der Waals surface area contributed by atoms with Crippen LogP contribution >= 0.6 is 11.6 Å². The summed E-state index contributed by atoms with van der Waals surface area (Å²) >= 11 is 5.50. The summed E-state index contributed by atoms with van der Waals surface area (Å²) in [5.41, 5.74) is 2.66. The Hall–Kier alpha value is -1.10. The summed E-state index contributed by atoms with van der Waals surface area (Å²) in [7, 11) is 0. The van der Waals surface area contributed by atoms with E-state index < -0.39 is 0 Å². The molecular weight excluding hydrogens is 168 g/mol. The first kappa shape index (κ1) is 6.60. The predicted octanol–water partition coefficient (Wildman–Crippen LogP) is -0.758. The maximum absolute atomic E-state index is 11.1. The van der Waals surface area contributed by atoms with Crippen molar-refractivity contribution in [3.8, 4) is 0 Å². The standard InChI is InChI=1S/C5H5ClN4O/c6-5-8-3-2(1-7-10-3)4(11)9-5/h1-3,10H,(H,8,9,11). The third-order valence-corrected chi connectivity index (χ3v) is 1.76. The van der Waals surface area contributed by atoms with Crippen LogP contribution in [0.15, 0.2) is 10.1 Å². The molecular formula is C5H5ClN4O. The number of hydrogen-bond donors (Lipinski definition) is 2. The Morgan fingerprint density at radius 2 is 2.45 bits per heavy atom. The molecule has 2 aliphatic heterocycles. The van der Waals surface area contributed by atoms with Gasteiger partial charge in [-0.05, 0) is 11.6 Å². The third kappa shape index (κ3) is 0.970. The van der Waals surface area contributed by atoms with Gasteiger partial charge in [0.1, 0.15) is 5.92 Å². The normalized spacial score (nSPS) is 33.9. The van der Waals surface area contributed by atoms with E-state index >= 15 is 0 Å². The molecule has 2 unspecified atom stereocenters. The smallest absolute Gasteiger partial charge is 0.238 e. The summed E-state index contributed by atoms with van der Waals surface area (Å²) in [6.45, 7) is 0. The lowest BCUT2D eigenvalue weighted by Crippen LogP contribution is -2.45. The zero-order chi connectivity index (χ0) is 7.84. The molecule has 0 saturated carbocycles. The highest BCUT2D eigenvalue weighted by Crippen LogP contribution is 2.13. The molecule has 0 aliphatic carbocycles. The van der Waals surface area contributed by atoms with E-state index in [9.17, 15) is 4.79 Å². The van der Waals surface area contributed by atoms with Crippen molar-refractivity contribution < 1.29 is 4.79 Å². The molecule has 6 heteroatoms. The maximum atomic E-state index is 11.1. The summed E-state index contributed by atoms with van der Waals surface area (Å²) in [6.07, 6.45) is 1.21. The molecule has 2 heterocycles. The fraction of sp³-hybridized carbons (Fsp3) is 0.400. The Kier molecular flexibility index (Phi) is 1.32. The van der Waals surface area contributed by atoms with Gasteiger partial charge in [0.2, 0.25) is 5.91 Å². The minimum absolute atomic E-state index is 0.120. The monoisotopic (exact) mass is 172 g/mol. The molecule has 2 atom stereocenters. The van der Waals surface area contributed by atoms with Gasteiger partial charge in [0.25, 0.3) is 0 Å². The van der Waals surface area contributed by atoms with Crippen LogP contribution in [0.1, 0.15) is 0 Å². The molecule has 5 nitrogen and oxygen atoms in total. The number of aliphatic imine (C=N–C) groups is 1. The number of nitrogens with zero attached hydrogens (tertiary/aromatic N) is 2. The Balaban J connectivity index is 2.30. The number of halogens is 1. The fourth-order valence-electron chi connectivity index (χ4n) is 1.02. The Morgan fingerprint density at radius 1 is 1.64 bits per heavy atom. The largest absolute Gasteiger partial charge is 0.300 e. The molecule has 2 N–H and O–H groups in total. The minimum atomic E-state index is -0.309. The van der Waals surface area contributed by atoms with Crippen molar-refractivity contribution in [2.24, 2.45) is 16.0 Å². The molecule has 0 aromatic rings. The van der Waals surface area contributed by atoms with E-state index in [1.807, 2.05) is 0 Å². The van der Waals surface area contributed by atoms with Crippen molar-refractivity contribution >= 4 is 29.0 Å². The van der Waals surface area contributed by atoms with Crippen molar-refractivity contribution in [1.29, 1.82) is 0 Å². The Morgan fingerprint density at radius 3 is 3.27 bits per heavy atom. The Bertz CT molecular complexity index is 261. The van der Waals surface area contributed by atoms with Crippen LogP contribution in [-0.4, -0.2) is 23.6 Å². The first-order valence-electron chi connectivity index (χ1n) is 3.10. The Labute approximate surface area is 67.5 Å². The second-order valence-electron chi connectivity index (χ2n) is 2.29. The van der Waals surface area contributed by atoms with Gasteiger partial charge >= 0.3 is 0 Å².